The number of amides is 2. The van der Waals surface area contributed by atoms with Crippen LogP contribution in [0.1, 0.15) is 68.3 Å². The lowest BCUT2D eigenvalue weighted by Crippen LogP contribution is -2.50. The summed E-state index contributed by atoms with van der Waals surface area (Å²) in [6, 6.07) is 25.5. The van der Waals surface area contributed by atoms with Crippen LogP contribution in [0.3, 0.4) is 0 Å². The molecule has 3 aromatic carbocycles. The minimum Gasteiger partial charge on any atom is -0.461 e. The molecule has 3 aliphatic rings. The SMILES string of the molecule is N#Cc1ccc2c(c1)CC1(CCCCN3C(=O)c4ccccc4C3=O)Oc3cc(-c4ccccc4)oc(=O)c3C2O1. The first-order valence-electron chi connectivity index (χ1n) is 13.5. The topological polar surface area (TPSA) is 110 Å². The molecule has 0 saturated heterocycles. The molecule has 2 atom stereocenters. The molecule has 4 heterocycles. The second-order valence-corrected chi connectivity index (χ2v) is 10.5. The molecule has 0 saturated carbocycles. The smallest absolute Gasteiger partial charge is 0.346 e. The molecular weight excluding hydrogens is 520 g/mol. The fourth-order valence-electron chi connectivity index (χ4n) is 6.02. The molecule has 0 aliphatic carbocycles. The average Bonchev–Trinajstić information content (AvgIpc) is 3.23. The lowest BCUT2D eigenvalue weighted by atomic mass is 9.85. The normalized spacial score (nSPS) is 20.1. The van der Waals surface area contributed by atoms with Crippen molar-refractivity contribution in [2.75, 3.05) is 6.54 Å². The predicted octanol–water partition coefficient (Wildman–Crippen LogP) is 5.40. The number of hydrogen-bond acceptors (Lipinski definition) is 7. The molecule has 8 heteroatoms. The van der Waals surface area contributed by atoms with Crippen LogP contribution in [0, 0.1) is 11.3 Å². The number of imide groups is 1. The maximum atomic E-state index is 13.3. The van der Waals surface area contributed by atoms with E-state index in [1.54, 1.807) is 36.4 Å². The van der Waals surface area contributed by atoms with Crippen LogP contribution >= 0.6 is 0 Å². The maximum absolute atomic E-state index is 13.3. The van der Waals surface area contributed by atoms with E-state index in [-0.39, 0.29) is 23.9 Å². The molecule has 8 nitrogen and oxygen atoms in total. The summed E-state index contributed by atoms with van der Waals surface area (Å²) in [5, 5.41) is 9.49. The van der Waals surface area contributed by atoms with Crippen molar-refractivity contribution in [1.29, 1.82) is 5.26 Å². The van der Waals surface area contributed by atoms with Gasteiger partial charge < -0.3 is 13.9 Å². The Balaban J connectivity index is 1.18. The van der Waals surface area contributed by atoms with Gasteiger partial charge in [-0.25, -0.2) is 4.79 Å². The highest BCUT2D eigenvalue weighted by atomic mass is 16.7. The molecule has 0 spiro atoms. The van der Waals surface area contributed by atoms with E-state index in [0.717, 1.165) is 16.7 Å². The van der Waals surface area contributed by atoms with Gasteiger partial charge in [-0.3, -0.25) is 14.5 Å². The Kier molecular flexibility index (Phi) is 5.84. The van der Waals surface area contributed by atoms with E-state index >= 15 is 0 Å². The minimum absolute atomic E-state index is 0.277. The quantitative estimate of drug-likeness (QED) is 0.236. The number of rotatable bonds is 6. The molecular formula is C33H24N2O6. The van der Waals surface area contributed by atoms with Gasteiger partial charge in [0.15, 0.2) is 0 Å². The molecule has 2 unspecified atom stereocenters. The van der Waals surface area contributed by atoms with Crippen molar-refractivity contribution in [3.63, 3.8) is 0 Å². The second kappa shape index (κ2) is 9.58. The molecule has 2 amide bonds. The van der Waals surface area contributed by atoms with Crippen LogP contribution in [0.2, 0.25) is 0 Å². The molecule has 0 radical (unpaired) electrons. The second-order valence-electron chi connectivity index (χ2n) is 10.5. The zero-order chi connectivity index (χ0) is 28.1. The number of benzene rings is 3. The van der Waals surface area contributed by atoms with Crippen molar-refractivity contribution in [3.8, 4) is 23.1 Å². The summed E-state index contributed by atoms with van der Waals surface area (Å²) in [6.45, 7) is 0.277. The third-order valence-electron chi connectivity index (χ3n) is 7.98. The number of carbonyl (C=O) groups excluding carboxylic acids is 2. The number of carbonyl (C=O) groups is 2. The van der Waals surface area contributed by atoms with Gasteiger partial charge in [-0.1, -0.05) is 48.5 Å². The van der Waals surface area contributed by atoms with Crippen LogP contribution in [-0.4, -0.2) is 29.0 Å². The van der Waals surface area contributed by atoms with Crippen LogP contribution < -0.4 is 10.4 Å². The Hall–Kier alpha value is -5.00. The first-order valence-corrected chi connectivity index (χ1v) is 13.5. The van der Waals surface area contributed by atoms with E-state index in [0.29, 0.717) is 53.9 Å². The third kappa shape index (κ3) is 4.14. The van der Waals surface area contributed by atoms with E-state index < -0.39 is 17.5 Å². The van der Waals surface area contributed by atoms with Crippen LogP contribution in [0.5, 0.6) is 5.75 Å². The van der Waals surface area contributed by atoms with E-state index in [2.05, 4.69) is 6.07 Å². The Morgan fingerprint density at radius 1 is 0.902 bits per heavy atom. The minimum atomic E-state index is -1.09. The lowest BCUT2D eigenvalue weighted by Gasteiger charge is -2.46. The van der Waals surface area contributed by atoms with Gasteiger partial charge in [-0.2, -0.15) is 5.26 Å². The predicted molar refractivity (Wildman–Crippen MR) is 147 cm³/mol. The molecule has 7 rings (SSSR count). The molecule has 3 aliphatic heterocycles. The highest BCUT2D eigenvalue weighted by molar-refractivity contribution is 6.21. The molecule has 1 aromatic heterocycles. The van der Waals surface area contributed by atoms with Crippen LogP contribution in [0.25, 0.3) is 11.3 Å². The van der Waals surface area contributed by atoms with Crippen LogP contribution in [-0.2, 0) is 11.2 Å². The van der Waals surface area contributed by atoms with Crippen molar-refractivity contribution in [2.24, 2.45) is 0 Å². The monoisotopic (exact) mass is 544 g/mol. The van der Waals surface area contributed by atoms with E-state index in [1.165, 1.54) is 4.90 Å². The Bertz CT molecular complexity index is 1790. The van der Waals surface area contributed by atoms with Crippen molar-refractivity contribution >= 4 is 11.8 Å². The number of ether oxygens (including phenoxy) is 2. The Labute approximate surface area is 235 Å². The van der Waals surface area contributed by atoms with Crippen LogP contribution in [0.4, 0.5) is 0 Å². The summed E-state index contributed by atoms with van der Waals surface area (Å²) in [5.74, 6) is -0.845. The Morgan fingerprint density at radius 3 is 2.37 bits per heavy atom. The summed E-state index contributed by atoms with van der Waals surface area (Å²) in [6.07, 6.45) is 1.25. The molecule has 202 valence electrons. The largest absolute Gasteiger partial charge is 0.461 e. The number of nitriles is 1. The fourth-order valence-corrected chi connectivity index (χ4v) is 6.02. The number of fused-ring (bicyclic) bond motifs is 7. The van der Waals surface area contributed by atoms with Gasteiger partial charge in [0.1, 0.15) is 23.2 Å². The highest BCUT2D eigenvalue weighted by Crippen LogP contribution is 2.49. The third-order valence-corrected chi connectivity index (χ3v) is 7.98. The Morgan fingerprint density at radius 2 is 1.63 bits per heavy atom. The van der Waals surface area contributed by atoms with Crippen molar-refractivity contribution in [2.45, 2.75) is 37.6 Å². The summed E-state index contributed by atoms with van der Waals surface area (Å²) < 4.78 is 18.7. The summed E-state index contributed by atoms with van der Waals surface area (Å²) in [7, 11) is 0. The number of nitrogens with zero attached hydrogens (tertiary/aromatic N) is 2. The van der Waals surface area contributed by atoms with Gasteiger partial charge in [0.05, 0.1) is 22.8 Å². The van der Waals surface area contributed by atoms with E-state index in [9.17, 15) is 19.6 Å². The van der Waals surface area contributed by atoms with E-state index in [1.807, 2.05) is 42.5 Å². The van der Waals surface area contributed by atoms with Crippen molar-refractivity contribution < 1.29 is 23.5 Å². The number of unbranched alkanes of at least 4 members (excludes halogenated alkanes) is 1. The molecule has 2 bridgehead atoms. The number of hydrogen-bond donors (Lipinski definition) is 0. The zero-order valence-corrected chi connectivity index (χ0v) is 22.0. The van der Waals surface area contributed by atoms with Crippen LogP contribution in [0.15, 0.2) is 88.1 Å². The molecule has 4 aromatic rings. The first kappa shape index (κ1) is 25.0. The first-order chi connectivity index (χ1) is 20.0. The van der Waals surface area contributed by atoms with Gasteiger partial charge in [0.25, 0.3) is 11.8 Å². The van der Waals surface area contributed by atoms with Gasteiger partial charge in [0.2, 0.25) is 5.79 Å². The fraction of sp³-hybridized carbons (Fsp3) is 0.212. The van der Waals surface area contributed by atoms with Gasteiger partial charge in [-0.15, -0.1) is 0 Å². The van der Waals surface area contributed by atoms with Gasteiger partial charge in [0, 0.05) is 31.0 Å². The summed E-state index contributed by atoms with van der Waals surface area (Å²) in [5.41, 5.74) is 3.55. The highest BCUT2D eigenvalue weighted by Gasteiger charge is 2.49. The standard InChI is InChI=1S/C33H24N2O6/c34-19-20-12-13-23-22(16-20)18-33(14-6-7-15-35-30(36)24-10-4-5-11-25(24)31(35)37)40-27-17-26(21-8-2-1-3-9-21)39-32(38)28(27)29(23)41-33/h1-5,8-13,16-17,29H,6-7,14-15,18H2. The molecule has 0 N–H and O–H groups in total. The zero-order valence-electron chi connectivity index (χ0n) is 22.0. The maximum Gasteiger partial charge on any atom is 0.346 e. The van der Waals surface area contributed by atoms with Crippen molar-refractivity contribution in [1.82, 2.24) is 4.90 Å². The van der Waals surface area contributed by atoms with Gasteiger partial charge in [-0.05, 0) is 48.2 Å². The lowest BCUT2D eigenvalue weighted by molar-refractivity contribution is -0.233. The van der Waals surface area contributed by atoms with Crippen molar-refractivity contribution in [3.05, 3.63) is 123 Å². The molecule has 41 heavy (non-hydrogen) atoms. The summed E-state index contributed by atoms with van der Waals surface area (Å²) >= 11 is 0. The molecule has 0 fully saturated rings. The van der Waals surface area contributed by atoms with E-state index in [4.69, 9.17) is 13.9 Å². The van der Waals surface area contributed by atoms with Gasteiger partial charge >= 0.3 is 5.63 Å². The summed E-state index contributed by atoms with van der Waals surface area (Å²) in [4.78, 5) is 40.2. The average molecular weight is 545 g/mol.